The van der Waals surface area contributed by atoms with Crippen molar-refractivity contribution in [1.82, 2.24) is 4.31 Å². The monoisotopic (exact) mass is 270 g/mol. The number of benzene rings is 1. The molecule has 1 fully saturated rings. The first kappa shape index (κ1) is 13.3. The van der Waals surface area contributed by atoms with Gasteiger partial charge in [0.2, 0.25) is 10.0 Å². The maximum Gasteiger partial charge on any atom is 0.243 e. The second-order valence-electron chi connectivity index (χ2n) is 4.36. The molecule has 1 aromatic rings. The Labute approximate surface area is 108 Å². The number of hydrogen-bond donors (Lipinski definition) is 1. The third-order valence-corrected chi connectivity index (χ3v) is 4.87. The van der Waals surface area contributed by atoms with E-state index in [0.29, 0.717) is 23.8 Å². The highest BCUT2D eigenvalue weighted by Gasteiger charge is 2.34. The van der Waals surface area contributed by atoms with Gasteiger partial charge in [-0.15, -0.1) is 0 Å². The van der Waals surface area contributed by atoms with Gasteiger partial charge in [-0.3, -0.25) is 0 Å². The Morgan fingerprint density at radius 3 is 2.44 bits per heavy atom. The highest BCUT2D eigenvalue weighted by molar-refractivity contribution is 7.89. The molecule has 0 radical (unpaired) electrons. The summed E-state index contributed by atoms with van der Waals surface area (Å²) in [5, 5.41) is 0. The van der Waals surface area contributed by atoms with E-state index >= 15 is 0 Å². The SMILES string of the molecule is CN(C1CC1)S(=O)(=O)c1ccc(OCCN)cc1. The Bertz CT molecular complexity index is 495. The first-order chi connectivity index (χ1) is 8.55. The van der Waals surface area contributed by atoms with Crippen LogP contribution in [0.25, 0.3) is 0 Å². The lowest BCUT2D eigenvalue weighted by molar-refractivity contribution is 0.328. The van der Waals surface area contributed by atoms with E-state index in [4.69, 9.17) is 10.5 Å². The standard InChI is InChI=1S/C12H18N2O3S/c1-14(10-2-3-10)18(15,16)12-6-4-11(5-7-12)17-9-8-13/h4-7,10H,2-3,8-9,13H2,1H3. The zero-order valence-corrected chi connectivity index (χ0v) is 11.2. The van der Waals surface area contributed by atoms with Crippen molar-refractivity contribution in [1.29, 1.82) is 0 Å². The number of rotatable bonds is 6. The molecule has 0 spiro atoms. The predicted octanol–water partition coefficient (Wildman–Crippen LogP) is 0.807. The molecule has 2 N–H and O–H groups in total. The van der Waals surface area contributed by atoms with Crippen LogP contribution < -0.4 is 10.5 Å². The van der Waals surface area contributed by atoms with Crippen LogP contribution in [0.15, 0.2) is 29.2 Å². The molecule has 1 aliphatic rings. The number of hydrogen-bond acceptors (Lipinski definition) is 4. The van der Waals surface area contributed by atoms with E-state index in [1.54, 1.807) is 31.3 Å². The van der Waals surface area contributed by atoms with Crippen LogP contribution in [-0.4, -0.2) is 39.0 Å². The molecule has 0 saturated heterocycles. The van der Waals surface area contributed by atoms with Gasteiger partial charge in [-0.05, 0) is 37.1 Å². The minimum Gasteiger partial charge on any atom is -0.492 e. The summed E-state index contributed by atoms with van der Waals surface area (Å²) >= 11 is 0. The van der Waals surface area contributed by atoms with E-state index in [2.05, 4.69) is 0 Å². The van der Waals surface area contributed by atoms with Crippen LogP contribution in [0.5, 0.6) is 5.75 Å². The van der Waals surface area contributed by atoms with Gasteiger partial charge in [0.15, 0.2) is 0 Å². The Kier molecular flexibility index (Phi) is 3.89. The number of nitrogens with zero attached hydrogens (tertiary/aromatic N) is 1. The van der Waals surface area contributed by atoms with E-state index in [0.717, 1.165) is 12.8 Å². The van der Waals surface area contributed by atoms with Crippen LogP contribution in [0, 0.1) is 0 Å². The molecule has 100 valence electrons. The van der Waals surface area contributed by atoms with Crippen LogP contribution in [0.3, 0.4) is 0 Å². The van der Waals surface area contributed by atoms with Gasteiger partial charge in [-0.1, -0.05) is 0 Å². The average Bonchev–Trinajstić information content (AvgIpc) is 3.20. The molecule has 0 atom stereocenters. The highest BCUT2D eigenvalue weighted by atomic mass is 32.2. The lowest BCUT2D eigenvalue weighted by Crippen LogP contribution is -2.28. The van der Waals surface area contributed by atoms with Crippen molar-refractivity contribution >= 4 is 10.0 Å². The van der Waals surface area contributed by atoms with E-state index in [-0.39, 0.29) is 6.04 Å². The topological polar surface area (TPSA) is 72.6 Å². The summed E-state index contributed by atoms with van der Waals surface area (Å²) in [6, 6.07) is 6.62. The largest absolute Gasteiger partial charge is 0.492 e. The maximum atomic E-state index is 12.2. The lowest BCUT2D eigenvalue weighted by atomic mass is 10.3. The molecule has 0 aliphatic heterocycles. The minimum absolute atomic E-state index is 0.170. The van der Waals surface area contributed by atoms with Crippen molar-refractivity contribution in [3.8, 4) is 5.75 Å². The predicted molar refractivity (Wildman–Crippen MR) is 69.0 cm³/mol. The zero-order chi connectivity index (χ0) is 13.2. The quantitative estimate of drug-likeness (QED) is 0.830. The number of sulfonamides is 1. The first-order valence-corrected chi connectivity index (χ1v) is 7.40. The molecule has 18 heavy (non-hydrogen) atoms. The van der Waals surface area contributed by atoms with Gasteiger partial charge in [-0.2, -0.15) is 4.31 Å². The van der Waals surface area contributed by atoms with Crippen molar-refractivity contribution in [3.05, 3.63) is 24.3 Å². The van der Waals surface area contributed by atoms with E-state index in [9.17, 15) is 8.42 Å². The Hall–Kier alpha value is -1.11. The molecule has 0 aromatic heterocycles. The highest BCUT2D eigenvalue weighted by Crippen LogP contribution is 2.30. The minimum atomic E-state index is -3.36. The third kappa shape index (κ3) is 2.82. The Morgan fingerprint density at radius 1 is 1.33 bits per heavy atom. The van der Waals surface area contributed by atoms with Crippen molar-refractivity contribution in [3.63, 3.8) is 0 Å². The second-order valence-corrected chi connectivity index (χ2v) is 6.36. The Balaban J connectivity index is 2.13. The molecule has 5 nitrogen and oxygen atoms in total. The summed E-state index contributed by atoms with van der Waals surface area (Å²) < 4.78 is 31.2. The number of nitrogens with two attached hydrogens (primary N) is 1. The first-order valence-electron chi connectivity index (χ1n) is 5.96. The smallest absolute Gasteiger partial charge is 0.243 e. The summed E-state index contributed by atoms with van der Waals surface area (Å²) in [4.78, 5) is 0.303. The van der Waals surface area contributed by atoms with Gasteiger partial charge >= 0.3 is 0 Å². The van der Waals surface area contributed by atoms with Crippen molar-refractivity contribution in [2.45, 2.75) is 23.8 Å². The summed E-state index contributed by atoms with van der Waals surface area (Å²) in [7, 11) is -1.73. The molecule has 0 heterocycles. The molecular formula is C12H18N2O3S. The van der Waals surface area contributed by atoms with E-state index < -0.39 is 10.0 Å². The van der Waals surface area contributed by atoms with Crippen LogP contribution in [-0.2, 0) is 10.0 Å². The average molecular weight is 270 g/mol. The lowest BCUT2D eigenvalue weighted by Gasteiger charge is -2.16. The zero-order valence-electron chi connectivity index (χ0n) is 10.4. The Morgan fingerprint density at radius 2 is 1.94 bits per heavy atom. The molecule has 0 bridgehead atoms. The third-order valence-electron chi connectivity index (χ3n) is 2.95. The van der Waals surface area contributed by atoms with Crippen molar-refractivity contribution < 1.29 is 13.2 Å². The van der Waals surface area contributed by atoms with Gasteiger partial charge in [0, 0.05) is 19.6 Å². The fourth-order valence-electron chi connectivity index (χ4n) is 1.69. The molecule has 6 heteroatoms. The van der Waals surface area contributed by atoms with Gasteiger partial charge in [-0.25, -0.2) is 8.42 Å². The molecule has 1 saturated carbocycles. The summed E-state index contributed by atoms with van der Waals surface area (Å²) in [6.07, 6.45) is 1.90. The summed E-state index contributed by atoms with van der Waals surface area (Å²) in [6.45, 7) is 0.860. The van der Waals surface area contributed by atoms with E-state index in [1.807, 2.05) is 0 Å². The fourth-order valence-corrected chi connectivity index (χ4v) is 3.10. The molecule has 2 rings (SSSR count). The van der Waals surface area contributed by atoms with Crippen LogP contribution in [0.2, 0.25) is 0 Å². The molecule has 1 aliphatic carbocycles. The van der Waals surface area contributed by atoms with Crippen LogP contribution in [0.4, 0.5) is 0 Å². The van der Waals surface area contributed by atoms with Gasteiger partial charge in [0.1, 0.15) is 12.4 Å². The second kappa shape index (κ2) is 5.26. The molecule has 0 amide bonds. The van der Waals surface area contributed by atoms with Gasteiger partial charge in [0.05, 0.1) is 4.90 Å². The van der Waals surface area contributed by atoms with Gasteiger partial charge < -0.3 is 10.5 Å². The fraction of sp³-hybridized carbons (Fsp3) is 0.500. The maximum absolute atomic E-state index is 12.2. The van der Waals surface area contributed by atoms with Gasteiger partial charge in [0.25, 0.3) is 0 Å². The summed E-state index contributed by atoms with van der Waals surface area (Å²) in [5.41, 5.74) is 5.33. The normalized spacial score (nSPS) is 15.9. The summed E-state index contributed by atoms with van der Waals surface area (Å²) in [5.74, 6) is 0.633. The molecule has 0 unspecified atom stereocenters. The van der Waals surface area contributed by atoms with Crippen LogP contribution in [0.1, 0.15) is 12.8 Å². The van der Waals surface area contributed by atoms with Crippen molar-refractivity contribution in [2.75, 3.05) is 20.2 Å². The molecular weight excluding hydrogens is 252 g/mol. The molecule has 1 aromatic carbocycles. The number of ether oxygens (including phenoxy) is 1. The van der Waals surface area contributed by atoms with E-state index in [1.165, 1.54) is 4.31 Å². The van der Waals surface area contributed by atoms with Crippen molar-refractivity contribution in [2.24, 2.45) is 5.73 Å². The van der Waals surface area contributed by atoms with Crippen LogP contribution >= 0.6 is 0 Å².